The van der Waals surface area contributed by atoms with Gasteiger partial charge in [0.2, 0.25) is 0 Å². The van der Waals surface area contributed by atoms with Crippen LogP contribution in [-0.4, -0.2) is 28.6 Å². The monoisotopic (exact) mass is 346 g/mol. The van der Waals surface area contributed by atoms with Crippen molar-refractivity contribution in [3.63, 3.8) is 0 Å². The fourth-order valence-electron chi connectivity index (χ4n) is 2.25. The molecule has 2 aromatic rings. The van der Waals surface area contributed by atoms with Gasteiger partial charge in [-0.05, 0) is 45.7 Å². The number of hydrogen-bond acceptors (Lipinski definition) is 3. The van der Waals surface area contributed by atoms with Crippen LogP contribution in [0, 0.1) is 13.8 Å². The minimum atomic E-state index is -2.67. The minimum absolute atomic E-state index is 0.598. The van der Waals surface area contributed by atoms with E-state index in [2.05, 4.69) is 38.1 Å². The molecule has 0 atom stereocenters. The van der Waals surface area contributed by atoms with Gasteiger partial charge in [-0.3, -0.25) is 0 Å². The summed E-state index contributed by atoms with van der Waals surface area (Å²) < 4.78 is 17.4. The third-order valence-electron chi connectivity index (χ3n) is 3.56. The Hall–Kier alpha value is -1.46. The van der Waals surface area contributed by atoms with E-state index in [0.717, 1.165) is 5.19 Å². The maximum absolute atomic E-state index is 5.79. The van der Waals surface area contributed by atoms with Crippen molar-refractivity contribution in [3.05, 3.63) is 65.7 Å². The minimum Gasteiger partial charge on any atom is -0.370 e. The van der Waals surface area contributed by atoms with Gasteiger partial charge in [-0.25, -0.2) is 0 Å². The molecule has 132 valence electrons. The predicted octanol–water partition coefficient (Wildman–Crippen LogP) is 4.25. The summed E-state index contributed by atoms with van der Waals surface area (Å²) in [5, 5.41) is 1.03. The fraction of sp³-hybridized carbons (Fsp3) is 0.400. The number of hydrogen-bond donors (Lipinski definition) is 0. The van der Waals surface area contributed by atoms with Crippen LogP contribution in [-0.2, 0) is 13.3 Å². The molecular weight excluding hydrogens is 316 g/mol. The third-order valence-corrected chi connectivity index (χ3v) is 6.60. The van der Waals surface area contributed by atoms with Crippen molar-refractivity contribution in [1.82, 2.24) is 0 Å². The Morgan fingerprint density at radius 3 is 1.33 bits per heavy atom. The third kappa shape index (κ3) is 6.21. The Labute approximate surface area is 148 Å². The highest BCUT2D eigenvalue weighted by Gasteiger charge is 2.42. The van der Waals surface area contributed by atoms with Crippen LogP contribution in [0.1, 0.15) is 31.9 Å². The van der Waals surface area contributed by atoms with E-state index in [1.165, 1.54) is 11.1 Å². The molecule has 0 fully saturated rings. The van der Waals surface area contributed by atoms with Crippen molar-refractivity contribution >= 4 is 14.0 Å². The maximum atomic E-state index is 5.79. The molecule has 2 aromatic carbocycles. The molecule has 0 aliphatic rings. The van der Waals surface area contributed by atoms with Gasteiger partial charge in [-0.1, -0.05) is 54.6 Å². The van der Waals surface area contributed by atoms with Gasteiger partial charge in [-0.15, -0.1) is 0 Å². The van der Waals surface area contributed by atoms with E-state index in [9.17, 15) is 0 Å². The molecule has 3 nitrogen and oxygen atoms in total. The lowest BCUT2D eigenvalue weighted by Gasteiger charge is -2.28. The quantitative estimate of drug-likeness (QED) is 0.702. The van der Waals surface area contributed by atoms with Gasteiger partial charge < -0.3 is 13.3 Å². The summed E-state index contributed by atoms with van der Waals surface area (Å²) in [6, 6.07) is 18.3. The van der Waals surface area contributed by atoms with E-state index in [1.807, 2.05) is 51.1 Å². The summed E-state index contributed by atoms with van der Waals surface area (Å²) in [5.41, 5.74) is 2.74. The highest BCUT2D eigenvalue weighted by Crippen LogP contribution is 2.10. The molecule has 0 saturated heterocycles. The summed E-state index contributed by atoms with van der Waals surface area (Å²) in [6.07, 6.45) is 0. The molecule has 2 rings (SSSR count). The van der Waals surface area contributed by atoms with E-state index in [1.54, 1.807) is 0 Å². The smallest absolute Gasteiger partial charge is 0.370 e. The second kappa shape index (κ2) is 11.2. The second-order valence-corrected chi connectivity index (χ2v) is 7.86. The van der Waals surface area contributed by atoms with Crippen molar-refractivity contribution in [2.75, 3.05) is 19.8 Å². The maximum Gasteiger partial charge on any atom is 0.537 e. The average molecular weight is 347 g/mol. The highest BCUT2D eigenvalue weighted by atomic mass is 28.4. The summed E-state index contributed by atoms with van der Waals surface area (Å²) in [6.45, 7) is 11.9. The molecule has 0 heterocycles. The molecule has 0 unspecified atom stereocenters. The van der Waals surface area contributed by atoms with Gasteiger partial charge in [0.05, 0.1) is 0 Å². The zero-order valence-electron chi connectivity index (χ0n) is 15.5. The van der Waals surface area contributed by atoms with Crippen molar-refractivity contribution < 1.29 is 13.3 Å². The lowest BCUT2D eigenvalue weighted by molar-refractivity contribution is 0.0859. The van der Waals surface area contributed by atoms with Crippen molar-refractivity contribution in [2.45, 2.75) is 34.6 Å². The van der Waals surface area contributed by atoms with Gasteiger partial charge in [-0.2, -0.15) is 0 Å². The lowest BCUT2D eigenvalue weighted by atomic mass is 10.1. The summed E-state index contributed by atoms with van der Waals surface area (Å²) >= 11 is 0. The summed E-state index contributed by atoms with van der Waals surface area (Å²) in [5.74, 6) is 0. The van der Waals surface area contributed by atoms with Crippen LogP contribution >= 0.6 is 0 Å². The van der Waals surface area contributed by atoms with Gasteiger partial charge in [0, 0.05) is 25.0 Å². The Morgan fingerprint density at radius 2 is 1.00 bits per heavy atom. The van der Waals surface area contributed by atoms with Crippen molar-refractivity contribution in [3.8, 4) is 0 Å². The van der Waals surface area contributed by atoms with Crippen molar-refractivity contribution in [2.24, 2.45) is 0 Å². The van der Waals surface area contributed by atoms with Crippen LogP contribution in [0.3, 0.4) is 0 Å². The standard InChI is InChI=1S/C12H20O3Si.C8H10/c1-4-13-16(14-5-2,15-6-3)12-10-8-7-9-11-12;1-7-5-3-4-6-8(7)2/h7-11H,4-6H2,1-3H3;3-6H,1-2H3. The van der Waals surface area contributed by atoms with E-state index in [-0.39, 0.29) is 0 Å². The molecule has 0 aromatic heterocycles. The number of benzene rings is 2. The average Bonchev–Trinajstić information content (AvgIpc) is 2.59. The van der Waals surface area contributed by atoms with Crippen molar-refractivity contribution in [1.29, 1.82) is 0 Å². The molecule has 0 N–H and O–H groups in total. The SMILES string of the molecule is CCO[Si](OCC)(OCC)c1ccccc1.Cc1ccccc1C. The van der Waals surface area contributed by atoms with Gasteiger partial charge in [0.15, 0.2) is 0 Å². The van der Waals surface area contributed by atoms with Crippen LogP contribution in [0.4, 0.5) is 0 Å². The Kier molecular flexibility index (Phi) is 9.57. The number of aryl methyl sites for hydroxylation is 2. The van der Waals surface area contributed by atoms with E-state index in [4.69, 9.17) is 13.3 Å². The summed E-state index contributed by atoms with van der Waals surface area (Å²) in [7, 11) is -2.67. The number of rotatable bonds is 7. The van der Waals surface area contributed by atoms with Crippen LogP contribution in [0.25, 0.3) is 0 Å². The molecule has 24 heavy (non-hydrogen) atoms. The van der Waals surface area contributed by atoms with E-state index >= 15 is 0 Å². The first kappa shape index (κ1) is 20.6. The molecule has 0 bridgehead atoms. The molecule has 0 radical (unpaired) electrons. The first-order chi connectivity index (χ1) is 11.6. The van der Waals surface area contributed by atoms with Gasteiger partial charge in [0.25, 0.3) is 0 Å². The Bertz CT molecular complexity index is 534. The topological polar surface area (TPSA) is 27.7 Å². The first-order valence-electron chi connectivity index (χ1n) is 8.59. The normalized spacial score (nSPS) is 10.9. The van der Waals surface area contributed by atoms with Gasteiger partial charge >= 0.3 is 8.80 Å². The molecule has 0 aliphatic carbocycles. The van der Waals surface area contributed by atoms with E-state index < -0.39 is 8.80 Å². The zero-order valence-corrected chi connectivity index (χ0v) is 16.5. The fourth-order valence-corrected chi connectivity index (χ4v) is 4.74. The molecule has 4 heteroatoms. The molecular formula is C20H30O3Si. The molecule has 0 saturated carbocycles. The summed E-state index contributed by atoms with van der Waals surface area (Å²) in [4.78, 5) is 0. The van der Waals surface area contributed by atoms with Gasteiger partial charge in [0.1, 0.15) is 0 Å². The highest BCUT2D eigenvalue weighted by molar-refractivity contribution is 6.75. The second-order valence-electron chi connectivity index (χ2n) is 5.31. The zero-order chi connectivity index (χ0) is 17.8. The van der Waals surface area contributed by atoms with Crippen LogP contribution in [0.5, 0.6) is 0 Å². The predicted molar refractivity (Wildman–Crippen MR) is 103 cm³/mol. The van der Waals surface area contributed by atoms with Crippen LogP contribution in [0.15, 0.2) is 54.6 Å². The molecule has 0 spiro atoms. The Morgan fingerprint density at radius 1 is 0.625 bits per heavy atom. The van der Waals surface area contributed by atoms with Crippen LogP contribution < -0.4 is 5.19 Å². The lowest BCUT2D eigenvalue weighted by Crippen LogP contribution is -2.56. The molecule has 0 aliphatic heterocycles. The van der Waals surface area contributed by atoms with Crippen LogP contribution in [0.2, 0.25) is 0 Å². The van der Waals surface area contributed by atoms with E-state index in [0.29, 0.717) is 19.8 Å². The largest absolute Gasteiger partial charge is 0.537 e. The first-order valence-corrected chi connectivity index (χ1v) is 10.3. The molecule has 0 amide bonds. The Balaban J connectivity index is 0.000000300.